The van der Waals surface area contributed by atoms with Crippen LogP contribution in [0.4, 0.5) is 5.13 Å². The Morgan fingerprint density at radius 1 is 1.11 bits per heavy atom. The molecule has 1 aliphatic heterocycles. The summed E-state index contributed by atoms with van der Waals surface area (Å²) >= 11 is 1.60. The van der Waals surface area contributed by atoms with Crippen molar-refractivity contribution in [1.82, 2.24) is 4.98 Å². The van der Waals surface area contributed by atoms with Crippen LogP contribution in [-0.2, 0) is 9.31 Å². The van der Waals surface area contributed by atoms with Crippen molar-refractivity contribution in [3.05, 3.63) is 24.3 Å². The summed E-state index contributed by atoms with van der Waals surface area (Å²) in [6, 6.07) is 8.06. The van der Waals surface area contributed by atoms with Gasteiger partial charge in [0.05, 0.1) is 21.4 Å². The van der Waals surface area contributed by atoms with E-state index in [1.807, 2.05) is 45.9 Å². The maximum absolute atomic E-state index is 5.90. The van der Waals surface area contributed by atoms with E-state index in [0.717, 1.165) is 15.3 Å². The van der Waals surface area contributed by atoms with E-state index in [4.69, 9.17) is 9.31 Å². The molecule has 1 N–H and O–H groups in total. The van der Waals surface area contributed by atoms with Gasteiger partial charge in [-0.15, -0.1) is 0 Å². The molecule has 19 heavy (non-hydrogen) atoms. The maximum atomic E-state index is 5.90. The lowest BCUT2D eigenvalue weighted by Gasteiger charge is -2.32. The summed E-state index contributed by atoms with van der Waals surface area (Å²) < 4.78 is 12.9. The van der Waals surface area contributed by atoms with Crippen LogP contribution < -0.4 is 5.23 Å². The molecular formula is C13H17BN2O2S. The van der Waals surface area contributed by atoms with Crippen molar-refractivity contribution < 1.29 is 9.31 Å². The quantitative estimate of drug-likeness (QED) is 0.855. The van der Waals surface area contributed by atoms with Crippen molar-refractivity contribution in [3.8, 4) is 0 Å². The van der Waals surface area contributed by atoms with Crippen LogP contribution >= 0.6 is 11.3 Å². The SMILES string of the molecule is CC1(C)OB(Nc2nc3ccccc3s2)OC1(C)C. The van der Waals surface area contributed by atoms with E-state index in [1.54, 1.807) is 11.3 Å². The van der Waals surface area contributed by atoms with Crippen LogP contribution in [0.5, 0.6) is 0 Å². The highest BCUT2D eigenvalue weighted by Crippen LogP contribution is 2.37. The average molecular weight is 276 g/mol. The third-order valence-corrected chi connectivity index (χ3v) is 4.76. The molecule has 0 bridgehead atoms. The van der Waals surface area contributed by atoms with Gasteiger partial charge in [0.15, 0.2) is 5.13 Å². The van der Waals surface area contributed by atoms with Gasteiger partial charge < -0.3 is 14.5 Å². The Morgan fingerprint density at radius 2 is 1.74 bits per heavy atom. The van der Waals surface area contributed by atoms with Gasteiger partial charge in [0.2, 0.25) is 0 Å². The van der Waals surface area contributed by atoms with Gasteiger partial charge >= 0.3 is 7.25 Å². The fourth-order valence-electron chi connectivity index (χ4n) is 1.94. The topological polar surface area (TPSA) is 43.4 Å². The number of nitrogens with one attached hydrogen (secondary N) is 1. The number of aromatic nitrogens is 1. The lowest BCUT2D eigenvalue weighted by atomic mass is 9.90. The van der Waals surface area contributed by atoms with Crippen LogP contribution in [0, 0.1) is 0 Å². The van der Waals surface area contributed by atoms with E-state index >= 15 is 0 Å². The molecule has 1 aromatic heterocycles. The normalized spacial score (nSPS) is 20.9. The van der Waals surface area contributed by atoms with Crippen molar-refractivity contribution in [3.63, 3.8) is 0 Å². The fraction of sp³-hybridized carbons (Fsp3) is 0.462. The second-order valence-electron chi connectivity index (χ2n) is 5.72. The molecular weight excluding hydrogens is 259 g/mol. The van der Waals surface area contributed by atoms with Gasteiger partial charge in [-0.3, -0.25) is 0 Å². The number of benzene rings is 1. The standard InChI is InChI=1S/C13H17BN2O2S/c1-12(2)13(3,4)18-14(17-12)16-11-15-9-7-5-6-8-10(9)19-11/h5-8H,1-4H3,(H,15,16). The zero-order valence-electron chi connectivity index (χ0n) is 11.6. The second-order valence-corrected chi connectivity index (χ2v) is 6.75. The molecule has 4 nitrogen and oxygen atoms in total. The van der Waals surface area contributed by atoms with Gasteiger partial charge in [-0.25, -0.2) is 4.98 Å². The van der Waals surface area contributed by atoms with Crippen LogP contribution in [-0.4, -0.2) is 23.4 Å². The Hall–Kier alpha value is -1.11. The molecule has 1 saturated heterocycles. The van der Waals surface area contributed by atoms with Crippen molar-refractivity contribution in [1.29, 1.82) is 0 Å². The van der Waals surface area contributed by atoms with Gasteiger partial charge in [-0.05, 0) is 39.8 Å². The van der Waals surface area contributed by atoms with Gasteiger partial charge in [0.1, 0.15) is 0 Å². The number of anilines is 1. The summed E-state index contributed by atoms with van der Waals surface area (Å²) in [5.41, 5.74) is 0.328. The summed E-state index contributed by atoms with van der Waals surface area (Å²) in [5, 5.41) is 4.02. The number of rotatable bonds is 2. The Morgan fingerprint density at radius 3 is 2.37 bits per heavy atom. The second kappa shape index (κ2) is 4.20. The number of fused-ring (bicyclic) bond motifs is 1. The first-order valence-corrected chi connectivity index (χ1v) is 7.17. The van der Waals surface area contributed by atoms with E-state index in [1.165, 1.54) is 0 Å². The van der Waals surface area contributed by atoms with E-state index in [2.05, 4.69) is 16.3 Å². The number of nitrogens with zero attached hydrogens (tertiary/aromatic N) is 1. The van der Waals surface area contributed by atoms with E-state index in [0.29, 0.717) is 0 Å². The Bertz CT molecular complexity index is 562. The minimum absolute atomic E-state index is 0.332. The Balaban J connectivity index is 1.79. The molecule has 0 amide bonds. The van der Waals surface area contributed by atoms with Crippen LogP contribution in [0.2, 0.25) is 0 Å². The monoisotopic (exact) mass is 276 g/mol. The first-order chi connectivity index (χ1) is 8.87. The number of hydrogen-bond acceptors (Lipinski definition) is 5. The molecule has 0 radical (unpaired) electrons. The molecule has 0 aliphatic carbocycles. The van der Waals surface area contributed by atoms with Gasteiger partial charge in [-0.2, -0.15) is 0 Å². The van der Waals surface area contributed by atoms with Crippen LogP contribution in [0.3, 0.4) is 0 Å². The Labute approximate surface area is 117 Å². The largest absolute Gasteiger partial charge is 0.593 e. The molecule has 0 saturated carbocycles. The van der Waals surface area contributed by atoms with Gasteiger partial charge in [-0.1, -0.05) is 23.5 Å². The molecule has 0 spiro atoms. The van der Waals surface area contributed by atoms with Crippen molar-refractivity contribution >= 4 is 33.9 Å². The molecule has 1 aliphatic rings. The number of hydrogen-bond donors (Lipinski definition) is 1. The molecule has 6 heteroatoms. The maximum Gasteiger partial charge on any atom is 0.593 e. The summed E-state index contributed by atoms with van der Waals surface area (Å²) in [4.78, 5) is 4.52. The summed E-state index contributed by atoms with van der Waals surface area (Å²) in [6.07, 6.45) is 0. The highest BCUT2D eigenvalue weighted by molar-refractivity contribution is 7.22. The first-order valence-electron chi connectivity index (χ1n) is 6.35. The minimum atomic E-state index is -0.453. The smallest absolute Gasteiger partial charge is 0.384 e. The molecule has 3 rings (SSSR count). The molecule has 2 heterocycles. The molecule has 1 fully saturated rings. The van der Waals surface area contributed by atoms with Gasteiger partial charge in [0, 0.05) is 0 Å². The number of para-hydroxylation sites is 1. The van der Waals surface area contributed by atoms with Crippen LogP contribution in [0.15, 0.2) is 24.3 Å². The molecule has 100 valence electrons. The third-order valence-electron chi connectivity index (χ3n) is 3.79. The van der Waals surface area contributed by atoms with Crippen LogP contribution in [0.25, 0.3) is 10.2 Å². The average Bonchev–Trinajstić information content (AvgIpc) is 2.76. The predicted octanol–water partition coefficient (Wildman–Crippen LogP) is 3.30. The van der Waals surface area contributed by atoms with E-state index in [9.17, 15) is 0 Å². The molecule has 0 unspecified atom stereocenters. The molecule has 0 atom stereocenters. The summed E-state index contributed by atoms with van der Waals surface area (Å²) in [7, 11) is -0.453. The third kappa shape index (κ3) is 2.24. The molecule has 2 aromatic rings. The zero-order valence-corrected chi connectivity index (χ0v) is 12.4. The lowest BCUT2D eigenvalue weighted by molar-refractivity contribution is 0.00578. The Kier molecular flexibility index (Phi) is 2.85. The van der Waals surface area contributed by atoms with E-state index in [-0.39, 0.29) is 11.2 Å². The summed E-state index contributed by atoms with van der Waals surface area (Å²) in [6.45, 7) is 8.14. The summed E-state index contributed by atoms with van der Waals surface area (Å²) in [5.74, 6) is 0. The van der Waals surface area contributed by atoms with Crippen molar-refractivity contribution in [2.75, 3.05) is 5.23 Å². The van der Waals surface area contributed by atoms with E-state index < -0.39 is 7.25 Å². The highest BCUT2D eigenvalue weighted by Gasteiger charge is 2.52. The first kappa shape index (κ1) is 12.9. The van der Waals surface area contributed by atoms with Crippen LogP contribution in [0.1, 0.15) is 27.7 Å². The highest BCUT2D eigenvalue weighted by atomic mass is 32.1. The zero-order chi connectivity index (χ0) is 13.7. The molecule has 1 aromatic carbocycles. The fourth-order valence-corrected chi connectivity index (χ4v) is 2.81. The lowest BCUT2D eigenvalue weighted by Crippen LogP contribution is -2.41. The minimum Gasteiger partial charge on any atom is -0.384 e. The predicted molar refractivity (Wildman–Crippen MR) is 79.3 cm³/mol. The number of thiazole rings is 1. The van der Waals surface area contributed by atoms with Crippen molar-refractivity contribution in [2.45, 2.75) is 38.9 Å². The van der Waals surface area contributed by atoms with Gasteiger partial charge in [0.25, 0.3) is 0 Å². The van der Waals surface area contributed by atoms with Crippen molar-refractivity contribution in [2.24, 2.45) is 0 Å².